The van der Waals surface area contributed by atoms with Crippen molar-refractivity contribution in [2.24, 2.45) is 0 Å². The quantitative estimate of drug-likeness (QED) is 0.294. The highest BCUT2D eigenvalue weighted by atomic mass is 31.2. The number of benzene rings is 4. The Morgan fingerprint density at radius 2 is 0.972 bits per heavy atom. The van der Waals surface area contributed by atoms with Gasteiger partial charge in [-0.25, -0.2) is 0 Å². The largest absolute Gasteiger partial charge is 0.497 e. The number of hydrogen-bond acceptors (Lipinski definition) is 5. The summed E-state index contributed by atoms with van der Waals surface area (Å²) in [6.45, 7) is 0. The van der Waals surface area contributed by atoms with Gasteiger partial charge in [-0.2, -0.15) is 0 Å². The minimum Gasteiger partial charge on any atom is -0.497 e. The Bertz CT molecular complexity index is 1470. The van der Waals surface area contributed by atoms with Gasteiger partial charge in [-0.1, -0.05) is 24.3 Å². The summed E-state index contributed by atoms with van der Waals surface area (Å²) < 4.78 is 37.2. The smallest absolute Gasteiger partial charge is 0.172 e. The van der Waals surface area contributed by atoms with Crippen molar-refractivity contribution in [1.29, 1.82) is 0 Å². The molecule has 1 unspecified atom stereocenters. The van der Waals surface area contributed by atoms with Crippen molar-refractivity contribution in [2.75, 3.05) is 28.4 Å². The van der Waals surface area contributed by atoms with E-state index in [2.05, 4.69) is 0 Å². The average molecular weight is 499 g/mol. The Kier molecular flexibility index (Phi) is 6.34. The SMILES string of the molecule is COc1ccc(C2=C(c3ccc(OC)cc3)P(=O)(c3ccc(OC)cc3)c3ccc(OC)cc32)cc1. The van der Waals surface area contributed by atoms with Crippen LogP contribution in [0.15, 0.2) is 91.0 Å². The van der Waals surface area contributed by atoms with Crippen molar-refractivity contribution in [1.82, 2.24) is 0 Å². The normalized spacial score (nSPS) is 16.4. The van der Waals surface area contributed by atoms with Gasteiger partial charge in [0.25, 0.3) is 0 Å². The fourth-order valence-electron chi connectivity index (χ4n) is 4.71. The van der Waals surface area contributed by atoms with Crippen LogP contribution in [0.4, 0.5) is 0 Å². The zero-order valence-electron chi connectivity index (χ0n) is 20.6. The minimum atomic E-state index is -3.27. The molecule has 0 bridgehead atoms. The first kappa shape index (κ1) is 23.8. The Balaban J connectivity index is 1.87. The molecule has 0 radical (unpaired) electrons. The standard InChI is InChI=1S/C30H27O5P/c1-32-22-9-5-20(6-10-22)29-27-19-25(35-4)15-18-28(27)36(31,26-16-13-24(34-3)14-17-26)30(29)21-7-11-23(33-2)12-8-21/h5-19H,1-4H3. The summed E-state index contributed by atoms with van der Waals surface area (Å²) in [6, 6.07) is 28.9. The molecule has 0 saturated carbocycles. The van der Waals surface area contributed by atoms with E-state index in [1.807, 2.05) is 91.0 Å². The van der Waals surface area contributed by atoms with Gasteiger partial charge in [0.05, 0.1) is 28.4 Å². The van der Waals surface area contributed by atoms with E-state index in [0.29, 0.717) is 11.5 Å². The van der Waals surface area contributed by atoms with Crippen LogP contribution in [0.5, 0.6) is 23.0 Å². The highest BCUT2D eigenvalue weighted by Gasteiger charge is 2.43. The third-order valence-electron chi connectivity index (χ3n) is 6.54. The summed E-state index contributed by atoms with van der Waals surface area (Å²) in [5, 5.41) is 2.30. The fraction of sp³-hybridized carbons (Fsp3) is 0.133. The maximum absolute atomic E-state index is 15.4. The lowest BCUT2D eigenvalue weighted by Gasteiger charge is -2.20. The van der Waals surface area contributed by atoms with Crippen LogP contribution in [0, 0.1) is 0 Å². The molecule has 1 heterocycles. The number of fused-ring (bicyclic) bond motifs is 1. The number of ether oxygens (including phenoxy) is 4. The molecule has 0 aliphatic carbocycles. The highest BCUT2D eigenvalue weighted by molar-refractivity contribution is 7.88. The molecule has 5 rings (SSSR count). The van der Waals surface area contributed by atoms with E-state index in [0.717, 1.165) is 49.7 Å². The first-order valence-electron chi connectivity index (χ1n) is 11.5. The summed E-state index contributed by atoms with van der Waals surface area (Å²) in [5.74, 6) is 2.91. The topological polar surface area (TPSA) is 54.0 Å². The van der Waals surface area contributed by atoms with Crippen molar-refractivity contribution in [3.05, 3.63) is 108 Å². The molecule has 5 nitrogen and oxygen atoms in total. The van der Waals surface area contributed by atoms with Crippen LogP contribution in [0.3, 0.4) is 0 Å². The van der Waals surface area contributed by atoms with Gasteiger partial charge in [0.15, 0.2) is 7.14 Å². The molecule has 0 fully saturated rings. The molecule has 0 spiro atoms. The second-order valence-corrected chi connectivity index (χ2v) is 11.0. The molecule has 182 valence electrons. The van der Waals surface area contributed by atoms with E-state index < -0.39 is 7.14 Å². The van der Waals surface area contributed by atoms with Crippen molar-refractivity contribution < 1.29 is 23.5 Å². The fourth-order valence-corrected chi connectivity index (χ4v) is 7.93. The molecule has 36 heavy (non-hydrogen) atoms. The van der Waals surface area contributed by atoms with Crippen LogP contribution < -0.4 is 29.6 Å². The van der Waals surface area contributed by atoms with Gasteiger partial charge in [-0.05, 0) is 83.4 Å². The maximum Gasteiger partial charge on any atom is 0.172 e. The summed E-state index contributed by atoms with van der Waals surface area (Å²) in [5.41, 5.74) is 3.62. The van der Waals surface area contributed by atoms with Crippen molar-refractivity contribution in [2.45, 2.75) is 0 Å². The third-order valence-corrected chi connectivity index (χ3v) is 9.75. The van der Waals surface area contributed by atoms with E-state index >= 15 is 4.57 Å². The summed E-state index contributed by atoms with van der Waals surface area (Å²) in [7, 11) is 3.27. The lowest BCUT2D eigenvalue weighted by Crippen LogP contribution is -2.15. The second-order valence-electron chi connectivity index (χ2n) is 8.37. The zero-order chi connectivity index (χ0) is 25.3. The summed E-state index contributed by atoms with van der Waals surface area (Å²) in [4.78, 5) is 0. The predicted molar refractivity (Wildman–Crippen MR) is 145 cm³/mol. The maximum atomic E-state index is 15.4. The molecule has 4 aromatic rings. The van der Waals surface area contributed by atoms with E-state index in [-0.39, 0.29) is 0 Å². The highest BCUT2D eigenvalue weighted by Crippen LogP contribution is 2.65. The third kappa shape index (κ3) is 3.86. The minimum absolute atomic E-state index is 0.706. The van der Waals surface area contributed by atoms with Gasteiger partial charge >= 0.3 is 0 Å². The number of rotatable bonds is 7. The van der Waals surface area contributed by atoms with Crippen LogP contribution in [0.1, 0.15) is 16.7 Å². The molecule has 0 amide bonds. The Labute approximate surface area is 211 Å². The molecule has 4 aromatic carbocycles. The van der Waals surface area contributed by atoms with Crippen LogP contribution in [-0.4, -0.2) is 28.4 Å². The first-order valence-corrected chi connectivity index (χ1v) is 13.2. The van der Waals surface area contributed by atoms with Gasteiger partial charge in [-0.15, -0.1) is 0 Å². The van der Waals surface area contributed by atoms with Gasteiger partial charge in [0.2, 0.25) is 0 Å². The predicted octanol–water partition coefficient (Wildman–Crippen LogP) is 5.97. The van der Waals surface area contributed by atoms with E-state index in [1.54, 1.807) is 28.4 Å². The zero-order valence-corrected chi connectivity index (χ0v) is 21.5. The monoisotopic (exact) mass is 498 g/mol. The van der Waals surface area contributed by atoms with Gasteiger partial charge in [0.1, 0.15) is 23.0 Å². The summed E-state index contributed by atoms with van der Waals surface area (Å²) in [6.07, 6.45) is 0. The molecule has 6 heteroatoms. The Morgan fingerprint density at radius 3 is 1.47 bits per heavy atom. The van der Waals surface area contributed by atoms with E-state index in [4.69, 9.17) is 18.9 Å². The first-order chi connectivity index (χ1) is 17.5. The van der Waals surface area contributed by atoms with Gasteiger partial charge in [0, 0.05) is 21.5 Å². The lowest BCUT2D eigenvalue weighted by atomic mass is 9.95. The lowest BCUT2D eigenvalue weighted by molar-refractivity contribution is 0.414. The molecule has 1 aliphatic heterocycles. The van der Waals surface area contributed by atoms with Gasteiger partial charge < -0.3 is 23.5 Å². The molecule has 0 aromatic heterocycles. The molecular formula is C30H27O5P. The van der Waals surface area contributed by atoms with Crippen molar-refractivity contribution in [3.63, 3.8) is 0 Å². The Morgan fingerprint density at radius 1 is 0.528 bits per heavy atom. The molecule has 0 saturated heterocycles. The van der Waals surface area contributed by atoms with Crippen molar-refractivity contribution in [3.8, 4) is 23.0 Å². The number of methoxy groups -OCH3 is 4. The van der Waals surface area contributed by atoms with Crippen LogP contribution in [0.2, 0.25) is 0 Å². The summed E-state index contributed by atoms with van der Waals surface area (Å²) >= 11 is 0. The van der Waals surface area contributed by atoms with Crippen LogP contribution >= 0.6 is 7.14 Å². The van der Waals surface area contributed by atoms with Crippen molar-refractivity contribution >= 4 is 28.6 Å². The van der Waals surface area contributed by atoms with Crippen LogP contribution in [0.25, 0.3) is 10.9 Å². The average Bonchev–Trinajstić information content (AvgIpc) is 3.21. The molecule has 1 aliphatic rings. The molecule has 0 N–H and O–H groups in total. The van der Waals surface area contributed by atoms with Crippen LogP contribution in [-0.2, 0) is 4.57 Å². The van der Waals surface area contributed by atoms with Gasteiger partial charge in [-0.3, -0.25) is 0 Å². The second kappa shape index (κ2) is 9.60. The molecule has 1 atom stereocenters. The Hall–Kier alpha value is -3.95. The van der Waals surface area contributed by atoms with E-state index in [9.17, 15) is 0 Å². The molecular weight excluding hydrogens is 471 g/mol. The number of hydrogen-bond donors (Lipinski definition) is 0. The van der Waals surface area contributed by atoms with E-state index in [1.165, 1.54) is 0 Å².